The Morgan fingerprint density at radius 2 is 1.93 bits per heavy atom. The summed E-state index contributed by atoms with van der Waals surface area (Å²) in [5.41, 5.74) is 11.9. The number of aromatic amines is 1. The minimum absolute atomic E-state index is 0.118. The maximum atomic E-state index is 12.6. The molecule has 29 heavy (non-hydrogen) atoms. The number of nitrogens with zero attached hydrogens (tertiary/aromatic N) is 2. The number of nitrogen functional groups attached to an aromatic ring is 1. The molecule has 0 saturated heterocycles. The van der Waals surface area contributed by atoms with E-state index in [1.807, 2.05) is 42.5 Å². The summed E-state index contributed by atoms with van der Waals surface area (Å²) in [6, 6.07) is 15.7. The van der Waals surface area contributed by atoms with Gasteiger partial charge in [0.1, 0.15) is 11.8 Å². The average Bonchev–Trinajstić information content (AvgIpc) is 3.25. The fourth-order valence-corrected chi connectivity index (χ4v) is 3.53. The van der Waals surface area contributed by atoms with Crippen LogP contribution in [0, 0.1) is 11.3 Å². The summed E-state index contributed by atoms with van der Waals surface area (Å²) in [5, 5.41) is 11.9. The second-order valence-electron chi connectivity index (χ2n) is 7.07. The van der Waals surface area contributed by atoms with Gasteiger partial charge < -0.3 is 16.0 Å². The van der Waals surface area contributed by atoms with Crippen LogP contribution in [-0.2, 0) is 0 Å². The van der Waals surface area contributed by atoms with Crippen molar-refractivity contribution in [3.63, 3.8) is 0 Å². The van der Waals surface area contributed by atoms with E-state index >= 15 is 0 Å². The zero-order valence-corrected chi connectivity index (χ0v) is 15.9. The van der Waals surface area contributed by atoms with Crippen LogP contribution in [0.2, 0.25) is 0 Å². The van der Waals surface area contributed by atoms with Crippen molar-refractivity contribution in [1.29, 1.82) is 5.26 Å². The molecule has 144 valence electrons. The molecular formula is C23H21N5O. The molecule has 0 aliphatic heterocycles. The number of aromatic nitrogens is 2. The third-order valence-corrected chi connectivity index (χ3v) is 5.06. The van der Waals surface area contributed by atoms with E-state index in [9.17, 15) is 4.79 Å². The SMILES string of the molecule is N#Cc1cnc(C(=O)Nc2ccc(-c3ccc(N)cc3)cc2C2=CCCCC2)[nH]1. The van der Waals surface area contributed by atoms with Gasteiger partial charge in [-0.15, -0.1) is 0 Å². The number of benzene rings is 2. The van der Waals surface area contributed by atoms with Gasteiger partial charge in [-0.2, -0.15) is 5.26 Å². The van der Waals surface area contributed by atoms with Gasteiger partial charge in [-0.1, -0.05) is 24.3 Å². The number of nitriles is 1. The van der Waals surface area contributed by atoms with Crippen molar-refractivity contribution in [3.8, 4) is 17.2 Å². The first-order chi connectivity index (χ1) is 14.1. The van der Waals surface area contributed by atoms with Crippen LogP contribution in [-0.4, -0.2) is 15.9 Å². The number of hydrogen-bond acceptors (Lipinski definition) is 4. The number of nitrogens with one attached hydrogen (secondary N) is 2. The van der Waals surface area contributed by atoms with E-state index in [2.05, 4.69) is 27.4 Å². The Kier molecular flexibility index (Phi) is 5.12. The molecule has 0 bridgehead atoms. The third kappa shape index (κ3) is 4.04. The summed E-state index contributed by atoms with van der Waals surface area (Å²) in [6.07, 6.45) is 7.94. The number of imidazole rings is 1. The number of rotatable bonds is 4. The van der Waals surface area contributed by atoms with Gasteiger partial charge in [-0.05, 0) is 66.6 Å². The van der Waals surface area contributed by atoms with Gasteiger partial charge in [0, 0.05) is 16.9 Å². The molecule has 0 saturated carbocycles. The van der Waals surface area contributed by atoms with Crippen molar-refractivity contribution >= 4 is 22.9 Å². The Balaban J connectivity index is 1.70. The molecule has 2 aromatic carbocycles. The van der Waals surface area contributed by atoms with Crippen LogP contribution in [0.4, 0.5) is 11.4 Å². The van der Waals surface area contributed by atoms with Crippen LogP contribution < -0.4 is 11.1 Å². The number of nitrogens with two attached hydrogens (primary N) is 1. The number of H-pyrrole nitrogens is 1. The predicted octanol–water partition coefficient (Wildman–Crippen LogP) is 4.74. The second-order valence-corrected chi connectivity index (χ2v) is 7.07. The number of allylic oxidation sites excluding steroid dienone is 2. The van der Waals surface area contributed by atoms with Gasteiger partial charge in [-0.25, -0.2) is 4.98 Å². The summed E-state index contributed by atoms with van der Waals surface area (Å²) in [4.78, 5) is 19.3. The highest BCUT2D eigenvalue weighted by molar-refractivity contribution is 6.03. The largest absolute Gasteiger partial charge is 0.399 e. The van der Waals surface area contributed by atoms with Crippen molar-refractivity contribution in [1.82, 2.24) is 9.97 Å². The molecule has 3 aromatic rings. The Hall–Kier alpha value is -3.85. The summed E-state index contributed by atoms with van der Waals surface area (Å²) in [7, 11) is 0. The lowest BCUT2D eigenvalue weighted by Gasteiger charge is -2.18. The molecule has 6 heteroatoms. The third-order valence-electron chi connectivity index (χ3n) is 5.06. The Morgan fingerprint density at radius 1 is 1.14 bits per heavy atom. The first-order valence-corrected chi connectivity index (χ1v) is 9.60. The van der Waals surface area contributed by atoms with Crippen molar-refractivity contribution in [2.24, 2.45) is 0 Å². The van der Waals surface area contributed by atoms with Gasteiger partial charge in [0.25, 0.3) is 5.91 Å². The van der Waals surface area contributed by atoms with Crippen molar-refractivity contribution < 1.29 is 4.79 Å². The Morgan fingerprint density at radius 3 is 2.62 bits per heavy atom. The number of amides is 1. The first-order valence-electron chi connectivity index (χ1n) is 9.60. The summed E-state index contributed by atoms with van der Waals surface area (Å²) in [6.45, 7) is 0. The van der Waals surface area contributed by atoms with Crippen molar-refractivity contribution in [2.75, 3.05) is 11.1 Å². The Labute approximate surface area is 169 Å². The molecule has 0 spiro atoms. The predicted molar refractivity (Wildman–Crippen MR) is 114 cm³/mol. The van der Waals surface area contributed by atoms with Crippen LogP contribution in [0.3, 0.4) is 0 Å². The maximum absolute atomic E-state index is 12.6. The van der Waals surface area contributed by atoms with Gasteiger partial charge in [-0.3, -0.25) is 4.79 Å². The van der Waals surface area contributed by atoms with Crippen LogP contribution >= 0.6 is 0 Å². The average molecular weight is 383 g/mol. The molecule has 1 amide bonds. The summed E-state index contributed by atoms with van der Waals surface area (Å²) in [5.74, 6) is -0.253. The molecule has 1 aliphatic carbocycles. The van der Waals surface area contributed by atoms with E-state index in [0.29, 0.717) is 0 Å². The van der Waals surface area contributed by atoms with Crippen LogP contribution in [0.5, 0.6) is 0 Å². The first kappa shape index (κ1) is 18.5. The zero-order chi connectivity index (χ0) is 20.2. The number of anilines is 2. The van der Waals surface area contributed by atoms with E-state index in [-0.39, 0.29) is 17.4 Å². The minimum Gasteiger partial charge on any atom is -0.399 e. The normalized spacial score (nSPS) is 13.4. The van der Waals surface area contributed by atoms with Crippen LogP contribution in [0.15, 0.2) is 54.7 Å². The molecule has 0 unspecified atom stereocenters. The van der Waals surface area contributed by atoms with Gasteiger partial charge >= 0.3 is 0 Å². The van der Waals surface area contributed by atoms with Gasteiger partial charge in [0.2, 0.25) is 0 Å². The second kappa shape index (κ2) is 8.03. The lowest BCUT2D eigenvalue weighted by Crippen LogP contribution is -2.15. The van der Waals surface area contributed by atoms with Crippen LogP contribution in [0.25, 0.3) is 16.7 Å². The lowest BCUT2D eigenvalue weighted by molar-refractivity contribution is 0.101. The molecule has 4 N–H and O–H groups in total. The highest BCUT2D eigenvalue weighted by Gasteiger charge is 2.16. The smallest absolute Gasteiger partial charge is 0.291 e. The zero-order valence-electron chi connectivity index (χ0n) is 15.9. The van der Waals surface area contributed by atoms with Crippen molar-refractivity contribution in [3.05, 3.63) is 71.8 Å². The van der Waals surface area contributed by atoms with E-state index < -0.39 is 0 Å². The maximum Gasteiger partial charge on any atom is 0.291 e. The highest BCUT2D eigenvalue weighted by Crippen LogP contribution is 2.35. The summed E-state index contributed by atoms with van der Waals surface area (Å²) >= 11 is 0. The standard InChI is InChI=1S/C23H21N5O/c24-13-19-14-26-22(27-19)23(29)28-21-11-8-17(15-6-9-18(25)10-7-15)12-20(21)16-4-2-1-3-5-16/h4,6-12,14H,1-3,5,25H2,(H,26,27)(H,28,29). The van der Waals surface area contributed by atoms with Crippen molar-refractivity contribution in [2.45, 2.75) is 25.7 Å². The fraction of sp³-hybridized carbons (Fsp3) is 0.174. The molecule has 1 aromatic heterocycles. The van der Waals surface area contributed by atoms with Crippen LogP contribution in [0.1, 0.15) is 47.6 Å². The molecule has 4 rings (SSSR count). The molecular weight excluding hydrogens is 362 g/mol. The molecule has 1 aliphatic rings. The van der Waals surface area contributed by atoms with Gasteiger partial charge in [0.05, 0.1) is 6.20 Å². The molecule has 0 fully saturated rings. The number of hydrogen-bond donors (Lipinski definition) is 3. The monoisotopic (exact) mass is 383 g/mol. The fourth-order valence-electron chi connectivity index (χ4n) is 3.53. The quantitative estimate of drug-likeness (QED) is 0.565. The molecule has 0 radical (unpaired) electrons. The summed E-state index contributed by atoms with van der Waals surface area (Å²) < 4.78 is 0. The van der Waals surface area contributed by atoms with Gasteiger partial charge in [0.15, 0.2) is 5.82 Å². The number of carbonyl (C=O) groups is 1. The van der Waals surface area contributed by atoms with E-state index in [4.69, 9.17) is 11.0 Å². The Bertz CT molecular complexity index is 1120. The van der Waals surface area contributed by atoms with E-state index in [1.54, 1.807) is 0 Å². The lowest BCUT2D eigenvalue weighted by atomic mass is 9.90. The minimum atomic E-state index is -0.371. The van der Waals surface area contributed by atoms with E-state index in [0.717, 1.165) is 47.3 Å². The molecule has 6 nitrogen and oxygen atoms in total. The number of carbonyl (C=O) groups excluding carboxylic acids is 1. The van der Waals surface area contributed by atoms with E-state index in [1.165, 1.54) is 18.2 Å². The highest BCUT2D eigenvalue weighted by atomic mass is 16.2. The molecule has 1 heterocycles. The molecule has 0 atom stereocenters. The topological polar surface area (TPSA) is 108 Å².